The predicted octanol–water partition coefficient (Wildman–Crippen LogP) is 1.01. The third-order valence-electron chi connectivity index (χ3n) is 2.73. The summed E-state index contributed by atoms with van der Waals surface area (Å²) in [6, 6.07) is 2.78. The molecule has 1 rings (SSSR count). The molecule has 0 aromatic carbocycles. The molecule has 0 bridgehead atoms. The summed E-state index contributed by atoms with van der Waals surface area (Å²) < 4.78 is 0. The fourth-order valence-corrected chi connectivity index (χ4v) is 1.61. The minimum atomic E-state index is -1.11. The van der Waals surface area contributed by atoms with E-state index in [1.807, 2.05) is 0 Å². The fourth-order valence-electron chi connectivity index (χ4n) is 1.61. The molecule has 1 aromatic heterocycles. The van der Waals surface area contributed by atoms with Crippen molar-refractivity contribution < 1.29 is 19.8 Å². The van der Waals surface area contributed by atoms with E-state index in [0.29, 0.717) is 12.1 Å². The van der Waals surface area contributed by atoms with Crippen molar-refractivity contribution in [3.63, 3.8) is 0 Å². The molecule has 0 spiro atoms. The molecule has 1 amide bonds. The van der Waals surface area contributed by atoms with Gasteiger partial charge in [-0.15, -0.1) is 0 Å². The molecule has 2 N–H and O–H groups in total. The van der Waals surface area contributed by atoms with Gasteiger partial charge in [-0.2, -0.15) is 0 Å². The molecule has 0 atom stereocenters. The number of aromatic carboxylic acids is 1. The van der Waals surface area contributed by atoms with Crippen LogP contribution in [0.5, 0.6) is 0 Å². The van der Waals surface area contributed by atoms with Crippen molar-refractivity contribution in [2.45, 2.75) is 19.3 Å². The summed E-state index contributed by atoms with van der Waals surface area (Å²) in [6.45, 7) is 0.762. The maximum absolute atomic E-state index is 12.0. The number of carbonyl (C=O) groups is 2. The van der Waals surface area contributed by atoms with Crippen LogP contribution in [0, 0.1) is 0 Å². The van der Waals surface area contributed by atoms with Crippen LogP contribution in [0.3, 0.4) is 0 Å². The third kappa shape index (κ3) is 4.67. The monoisotopic (exact) mass is 266 g/mol. The van der Waals surface area contributed by atoms with Crippen molar-refractivity contribution in [1.29, 1.82) is 0 Å². The summed E-state index contributed by atoms with van der Waals surface area (Å²) in [4.78, 5) is 27.9. The lowest BCUT2D eigenvalue weighted by Gasteiger charge is -2.16. The van der Waals surface area contributed by atoms with E-state index < -0.39 is 5.97 Å². The first-order chi connectivity index (χ1) is 9.06. The fraction of sp³-hybridized carbons (Fsp3) is 0.462. The molecule has 0 aliphatic heterocycles. The van der Waals surface area contributed by atoms with Gasteiger partial charge in [0.1, 0.15) is 5.69 Å². The van der Waals surface area contributed by atoms with Crippen molar-refractivity contribution in [3.8, 4) is 0 Å². The van der Waals surface area contributed by atoms with E-state index in [-0.39, 0.29) is 18.2 Å². The summed E-state index contributed by atoms with van der Waals surface area (Å²) in [6.07, 6.45) is 3.70. The highest BCUT2D eigenvalue weighted by molar-refractivity contribution is 5.94. The average molecular weight is 266 g/mol. The van der Waals surface area contributed by atoms with Crippen molar-refractivity contribution in [1.82, 2.24) is 9.88 Å². The molecule has 6 nitrogen and oxygen atoms in total. The molecule has 0 saturated heterocycles. The number of aliphatic hydroxyl groups excluding tert-OH is 1. The van der Waals surface area contributed by atoms with E-state index in [1.165, 1.54) is 18.3 Å². The number of carboxylic acids is 1. The number of aromatic nitrogens is 1. The van der Waals surface area contributed by atoms with Crippen LogP contribution in [0.2, 0.25) is 0 Å². The lowest BCUT2D eigenvalue weighted by atomic mass is 10.2. The van der Waals surface area contributed by atoms with Gasteiger partial charge in [-0.25, -0.2) is 9.78 Å². The van der Waals surface area contributed by atoms with Crippen LogP contribution in [0.1, 0.15) is 40.1 Å². The molecule has 0 aliphatic rings. The Bertz CT molecular complexity index is 431. The summed E-state index contributed by atoms with van der Waals surface area (Å²) in [5, 5.41) is 17.4. The molecule has 0 unspecified atom stereocenters. The standard InChI is InChI=1S/C13H18N2O4/c1-15(7-3-2-4-8-16)12(17)10-5-6-11(13(18)19)14-9-10/h5-6,9,16H,2-4,7-8H2,1H3,(H,18,19). The minimum Gasteiger partial charge on any atom is -0.477 e. The molecule has 1 aromatic rings. The van der Waals surface area contributed by atoms with E-state index >= 15 is 0 Å². The lowest BCUT2D eigenvalue weighted by Crippen LogP contribution is -2.28. The quantitative estimate of drug-likeness (QED) is 0.719. The van der Waals surface area contributed by atoms with Crippen molar-refractivity contribution in [2.24, 2.45) is 0 Å². The Morgan fingerprint density at radius 2 is 2.00 bits per heavy atom. The Balaban J connectivity index is 2.54. The van der Waals surface area contributed by atoms with Gasteiger partial charge in [0.05, 0.1) is 5.56 Å². The van der Waals surface area contributed by atoms with Crippen molar-refractivity contribution >= 4 is 11.9 Å². The van der Waals surface area contributed by atoms with Crippen LogP contribution in [-0.4, -0.2) is 52.2 Å². The molecule has 0 saturated carbocycles. The molecule has 0 fully saturated rings. The van der Waals surface area contributed by atoms with Gasteiger partial charge >= 0.3 is 5.97 Å². The smallest absolute Gasteiger partial charge is 0.354 e. The predicted molar refractivity (Wildman–Crippen MR) is 69.1 cm³/mol. The number of carbonyl (C=O) groups excluding carboxylic acids is 1. The molecule has 1 heterocycles. The SMILES string of the molecule is CN(CCCCCO)C(=O)c1ccc(C(=O)O)nc1. The number of hydrogen-bond acceptors (Lipinski definition) is 4. The molecule has 0 radical (unpaired) electrons. The summed E-state index contributed by atoms with van der Waals surface area (Å²) in [5.41, 5.74) is 0.289. The van der Waals surface area contributed by atoms with Crippen molar-refractivity contribution in [2.75, 3.05) is 20.2 Å². The Kier molecular flexibility index (Phi) is 5.95. The van der Waals surface area contributed by atoms with Gasteiger partial charge in [-0.3, -0.25) is 4.79 Å². The minimum absolute atomic E-state index is 0.0813. The number of rotatable bonds is 7. The van der Waals surface area contributed by atoms with Gasteiger partial charge in [-0.1, -0.05) is 0 Å². The van der Waals surface area contributed by atoms with Gasteiger partial charge in [0.25, 0.3) is 5.91 Å². The summed E-state index contributed by atoms with van der Waals surface area (Å²) >= 11 is 0. The molecular weight excluding hydrogens is 248 g/mol. The molecular formula is C13H18N2O4. The summed E-state index contributed by atoms with van der Waals surface area (Å²) in [7, 11) is 1.69. The Labute approximate surface area is 111 Å². The number of carboxylic acid groups (broad SMARTS) is 1. The number of aliphatic hydroxyl groups is 1. The summed E-state index contributed by atoms with van der Waals surface area (Å²) in [5.74, 6) is -1.30. The van der Waals surface area contributed by atoms with Gasteiger partial charge in [0, 0.05) is 26.4 Å². The lowest BCUT2D eigenvalue weighted by molar-refractivity contribution is 0.0688. The molecule has 0 aliphatic carbocycles. The third-order valence-corrected chi connectivity index (χ3v) is 2.73. The molecule has 19 heavy (non-hydrogen) atoms. The van der Waals surface area contributed by atoms with Crippen LogP contribution in [0.15, 0.2) is 18.3 Å². The zero-order chi connectivity index (χ0) is 14.3. The highest BCUT2D eigenvalue weighted by Gasteiger charge is 2.12. The molecule has 104 valence electrons. The van der Waals surface area contributed by atoms with Gasteiger partial charge in [-0.05, 0) is 31.4 Å². The Hall–Kier alpha value is -1.95. The maximum Gasteiger partial charge on any atom is 0.354 e. The van der Waals surface area contributed by atoms with Crippen LogP contribution in [-0.2, 0) is 0 Å². The normalized spacial score (nSPS) is 10.2. The van der Waals surface area contributed by atoms with Gasteiger partial charge in [0.2, 0.25) is 0 Å². The van der Waals surface area contributed by atoms with Crippen molar-refractivity contribution in [3.05, 3.63) is 29.6 Å². The van der Waals surface area contributed by atoms with Crippen LogP contribution >= 0.6 is 0 Å². The second kappa shape index (κ2) is 7.48. The second-order valence-electron chi connectivity index (χ2n) is 4.25. The van der Waals surface area contributed by atoms with E-state index in [2.05, 4.69) is 4.98 Å². The molecule has 6 heteroatoms. The zero-order valence-corrected chi connectivity index (χ0v) is 10.9. The largest absolute Gasteiger partial charge is 0.477 e. The number of unbranched alkanes of at least 4 members (excludes halogenated alkanes) is 2. The van der Waals surface area contributed by atoms with Crippen LogP contribution < -0.4 is 0 Å². The van der Waals surface area contributed by atoms with Crippen LogP contribution in [0.4, 0.5) is 0 Å². The highest BCUT2D eigenvalue weighted by Crippen LogP contribution is 2.05. The van der Waals surface area contributed by atoms with Gasteiger partial charge in [0.15, 0.2) is 0 Å². The van der Waals surface area contributed by atoms with E-state index in [0.717, 1.165) is 19.3 Å². The van der Waals surface area contributed by atoms with E-state index in [1.54, 1.807) is 11.9 Å². The zero-order valence-electron chi connectivity index (χ0n) is 10.9. The Morgan fingerprint density at radius 3 is 2.53 bits per heavy atom. The topological polar surface area (TPSA) is 90.7 Å². The number of nitrogens with zero attached hydrogens (tertiary/aromatic N) is 2. The number of hydrogen-bond donors (Lipinski definition) is 2. The first-order valence-corrected chi connectivity index (χ1v) is 6.12. The van der Waals surface area contributed by atoms with Crippen LogP contribution in [0.25, 0.3) is 0 Å². The van der Waals surface area contributed by atoms with E-state index in [4.69, 9.17) is 10.2 Å². The highest BCUT2D eigenvalue weighted by atomic mass is 16.4. The van der Waals surface area contributed by atoms with E-state index in [9.17, 15) is 9.59 Å². The number of pyridine rings is 1. The Morgan fingerprint density at radius 1 is 1.26 bits per heavy atom. The number of amides is 1. The maximum atomic E-state index is 12.0. The second-order valence-corrected chi connectivity index (χ2v) is 4.25. The van der Waals surface area contributed by atoms with Gasteiger partial charge < -0.3 is 15.1 Å². The first-order valence-electron chi connectivity index (χ1n) is 6.12. The average Bonchev–Trinajstić information content (AvgIpc) is 2.42. The first kappa shape index (κ1) is 15.1.